The van der Waals surface area contributed by atoms with Crippen molar-refractivity contribution in [3.63, 3.8) is 0 Å². The molecule has 0 aliphatic carbocycles. The molecule has 0 aliphatic heterocycles. The second-order valence-corrected chi connectivity index (χ2v) is 4.31. The summed E-state index contributed by atoms with van der Waals surface area (Å²) in [5.74, 6) is -0.201. The molecule has 19 heavy (non-hydrogen) atoms. The molecule has 0 radical (unpaired) electrons. The third-order valence-corrected chi connectivity index (χ3v) is 2.85. The number of halogens is 2. The van der Waals surface area contributed by atoms with Crippen LogP contribution in [0.15, 0.2) is 18.3 Å². The first kappa shape index (κ1) is 13.3. The lowest BCUT2D eigenvalue weighted by Gasteiger charge is -2.07. The van der Waals surface area contributed by atoms with Crippen LogP contribution in [-0.2, 0) is 7.05 Å². The van der Waals surface area contributed by atoms with Crippen molar-refractivity contribution in [3.05, 3.63) is 39.8 Å². The van der Waals surface area contributed by atoms with Gasteiger partial charge in [0, 0.05) is 7.05 Å². The van der Waals surface area contributed by atoms with Crippen molar-refractivity contribution in [2.45, 2.75) is 0 Å². The Bertz CT molecular complexity index is 689. The van der Waals surface area contributed by atoms with Crippen LogP contribution in [0.25, 0.3) is 0 Å². The monoisotopic (exact) mass is 295 g/mol. The Morgan fingerprint density at radius 3 is 2.84 bits per heavy atom. The Kier molecular flexibility index (Phi) is 3.69. The average molecular weight is 296 g/mol. The number of carbonyl (C=O) groups excluding carboxylic acids is 1. The largest absolute Gasteiger partial charge is 0.306 e. The minimum atomic E-state index is -0.491. The number of aryl methyl sites for hydroxylation is 1. The maximum Gasteiger partial charge on any atom is 0.259 e. The van der Waals surface area contributed by atoms with Gasteiger partial charge in [-0.15, -0.1) is 0 Å². The van der Waals surface area contributed by atoms with E-state index in [4.69, 9.17) is 28.5 Å². The number of hydrogen-bond donors (Lipinski definition) is 1. The molecule has 0 bridgehead atoms. The lowest BCUT2D eigenvalue weighted by Crippen LogP contribution is -2.16. The van der Waals surface area contributed by atoms with E-state index in [2.05, 4.69) is 15.4 Å². The smallest absolute Gasteiger partial charge is 0.259 e. The van der Waals surface area contributed by atoms with Gasteiger partial charge in [0.15, 0.2) is 0 Å². The number of carbonyl (C=O) groups is 1. The van der Waals surface area contributed by atoms with Crippen LogP contribution < -0.4 is 5.32 Å². The van der Waals surface area contributed by atoms with Crippen LogP contribution >= 0.6 is 23.2 Å². The first-order valence-electron chi connectivity index (χ1n) is 5.08. The van der Waals surface area contributed by atoms with Crippen LogP contribution in [-0.4, -0.2) is 20.7 Å². The van der Waals surface area contributed by atoms with Crippen molar-refractivity contribution >= 4 is 34.9 Å². The molecule has 0 fully saturated rings. The molecule has 2 aromatic rings. The number of anilines is 1. The highest BCUT2D eigenvalue weighted by atomic mass is 35.5. The van der Waals surface area contributed by atoms with E-state index in [1.807, 2.05) is 6.07 Å². The van der Waals surface area contributed by atoms with Crippen LogP contribution in [0.5, 0.6) is 0 Å². The molecule has 6 nitrogen and oxygen atoms in total. The molecule has 96 valence electrons. The summed E-state index contributed by atoms with van der Waals surface area (Å²) < 4.78 is 1.38. The van der Waals surface area contributed by atoms with Gasteiger partial charge in [0.1, 0.15) is 27.8 Å². The number of amides is 1. The van der Waals surface area contributed by atoms with Crippen molar-refractivity contribution < 1.29 is 4.79 Å². The van der Waals surface area contributed by atoms with Gasteiger partial charge in [-0.1, -0.05) is 23.2 Å². The average Bonchev–Trinajstić information content (AvgIpc) is 2.70. The van der Waals surface area contributed by atoms with E-state index in [1.165, 1.54) is 23.0 Å². The molecule has 0 unspecified atom stereocenters. The van der Waals surface area contributed by atoms with Gasteiger partial charge in [-0.2, -0.15) is 10.4 Å². The molecular weight excluding hydrogens is 289 g/mol. The second kappa shape index (κ2) is 5.26. The molecule has 0 aliphatic rings. The van der Waals surface area contributed by atoms with Crippen molar-refractivity contribution in [3.8, 4) is 6.07 Å². The zero-order valence-corrected chi connectivity index (χ0v) is 11.2. The minimum Gasteiger partial charge on any atom is -0.306 e. The Balaban J connectivity index is 2.31. The first-order chi connectivity index (χ1) is 9.02. The third kappa shape index (κ3) is 2.67. The lowest BCUT2D eigenvalue weighted by molar-refractivity contribution is 0.102. The second-order valence-electron chi connectivity index (χ2n) is 3.57. The highest BCUT2D eigenvalue weighted by Gasteiger charge is 2.16. The highest BCUT2D eigenvalue weighted by molar-refractivity contribution is 6.35. The summed E-state index contributed by atoms with van der Waals surface area (Å²) in [5, 5.41) is 15.5. The van der Waals surface area contributed by atoms with E-state index in [1.54, 1.807) is 7.05 Å². The van der Waals surface area contributed by atoms with E-state index in [0.29, 0.717) is 5.82 Å². The molecule has 2 aromatic heterocycles. The summed E-state index contributed by atoms with van der Waals surface area (Å²) in [6.45, 7) is 0. The van der Waals surface area contributed by atoms with Gasteiger partial charge in [-0.05, 0) is 12.1 Å². The number of rotatable bonds is 2. The van der Waals surface area contributed by atoms with Crippen molar-refractivity contribution in [1.29, 1.82) is 5.26 Å². The van der Waals surface area contributed by atoms with Gasteiger partial charge >= 0.3 is 0 Å². The summed E-state index contributed by atoms with van der Waals surface area (Å²) in [4.78, 5) is 15.8. The highest BCUT2D eigenvalue weighted by Crippen LogP contribution is 2.19. The SMILES string of the molecule is Cn1ncc(C#N)c1NC(=O)c1ccc(Cl)nc1Cl. The van der Waals surface area contributed by atoms with Gasteiger partial charge in [0.2, 0.25) is 0 Å². The summed E-state index contributed by atoms with van der Waals surface area (Å²) in [6, 6.07) is 4.84. The van der Waals surface area contributed by atoms with E-state index in [0.717, 1.165) is 0 Å². The lowest BCUT2D eigenvalue weighted by atomic mass is 10.2. The molecule has 0 saturated heterocycles. The van der Waals surface area contributed by atoms with Crippen molar-refractivity contribution in [1.82, 2.24) is 14.8 Å². The fraction of sp³-hybridized carbons (Fsp3) is 0.0909. The van der Waals surface area contributed by atoms with Gasteiger partial charge in [-0.3, -0.25) is 9.48 Å². The van der Waals surface area contributed by atoms with E-state index in [9.17, 15) is 4.79 Å². The summed E-state index contributed by atoms with van der Waals surface area (Å²) in [7, 11) is 1.61. The normalized spacial score (nSPS) is 10.0. The first-order valence-corrected chi connectivity index (χ1v) is 5.84. The maximum absolute atomic E-state index is 12.0. The molecule has 8 heteroatoms. The zero-order chi connectivity index (χ0) is 14.0. The minimum absolute atomic E-state index is 0.00863. The number of nitrogens with zero attached hydrogens (tertiary/aromatic N) is 4. The van der Waals surface area contributed by atoms with Crippen LogP contribution in [0.2, 0.25) is 10.3 Å². The van der Waals surface area contributed by atoms with Gasteiger partial charge < -0.3 is 5.32 Å². The molecule has 2 rings (SSSR count). The van der Waals surface area contributed by atoms with E-state index < -0.39 is 5.91 Å². The Labute approximate surface area is 118 Å². The topological polar surface area (TPSA) is 83.6 Å². The fourth-order valence-electron chi connectivity index (χ4n) is 1.42. The fourth-order valence-corrected chi connectivity index (χ4v) is 1.85. The molecule has 0 saturated carbocycles. The van der Waals surface area contributed by atoms with Crippen LogP contribution in [0.4, 0.5) is 5.82 Å². The Morgan fingerprint density at radius 2 is 2.21 bits per heavy atom. The van der Waals surface area contributed by atoms with Crippen LogP contribution in [0.1, 0.15) is 15.9 Å². The quantitative estimate of drug-likeness (QED) is 0.861. The molecule has 2 heterocycles. The standard InChI is InChI=1S/C11H7Cl2N5O/c1-18-10(6(4-14)5-15-18)17-11(19)7-2-3-8(12)16-9(7)13/h2-3,5H,1H3,(H,17,19). The number of hydrogen-bond acceptors (Lipinski definition) is 4. The number of pyridine rings is 1. The van der Waals surface area contributed by atoms with Gasteiger partial charge in [0.05, 0.1) is 11.8 Å². The Hall–Kier alpha value is -2.10. The molecule has 1 N–H and O–H groups in total. The van der Waals surface area contributed by atoms with Crippen LogP contribution in [0, 0.1) is 11.3 Å². The summed E-state index contributed by atoms with van der Waals surface area (Å²) >= 11 is 11.5. The van der Waals surface area contributed by atoms with Crippen molar-refractivity contribution in [2.24, 2.45) is 7.05 Å². The van der Waals surface area contributed by atoms with Crippen molar-refractivity contribution in [2.75, 3.05) is 5.32 Å². The maximum atomic E-state index is 12.0. The van der Waals surface area contributed by atoms with E-state index >= 15 is 0 Å². The molecule has 0 atom stereocenters. The number of nitrogens with one attached hydrogen (secondary N) is 1. The molecule has 0 spiro atoms. The van der Waals surface area contributed by atoms with Gasteiger partial charge in [-0.25, -0.2) is 4.98 Å². The predicted molar refractivity (Wildman–Crippen MR) is 70.1 cm³/mol. The third-order valence-electron chi connectivity index (χ3n) is 2.35. The number of aromatic nitrogens is 3. The Morgan fingerprint density at radius 1 is 1.47 bits per heavy atom. The molecule has 1 amide bonds. The van der Waals surface area contributed by atoms with Crippen LogP contribution in [0.3, 0.4) is 0 Å². The summed E-state index contributed by atoms with van der Waals surface area (Å²) in [6.07, 6.45) is 1.36. The van der Waals surface area contributed by atoms with Gasteiger partial charge in [0.25, 0.3) is 5.91 Å². The summed E-state index contributed by atoms with van der Waals surface area (Å²) in [5.41, 5.74) is 0.421. The van der Waals surface area contributed by atoms with E-state index in [-0.39, 0.29) is 21.4 Å². The molecule has 0 aromatic carbocycles. The zero-order valence-electron chi connectivity index (χ0n) is 9.69. The predicted octanol–water partition coefficient (Wildman–Crippen LogP) is 2.25. The molecular formula is C11H7Cl2N5O. The number of nitriles is 1.